The number of aromatic nitrogens is 3. The van der Waals surface area contributed by atoms with Crippen LogP contribution in [0.5, 0.6) is 5.75 Å². The third-order valence-corrected chi connectivity index (χ3v) is 12.2. The van der Waals surface area contributed by atoms with Gasteiger partial charge in [0, 0.05) is 77.0 Å². The largest absolute Gasteiger partial charge is 0.508 e. The molecule has 0 fully saturated rings. The fourth-order valence-electron chi connectivity index (χ4n) is 8.43. The maximum absolute atomic E-state index is 14.7. The number of H-pyrrole nitrogens is 3. The van der Waals surface area contributed by atoms with E-state index >= 15 is 0 Å². The van der Waals surface area contributed by atoms with Crippen LogP contribution >= 0.6 is 0 Å². The van der Waals surface area contributed by atoms with E-state index in [2.05, 4.69) is 41.5 Å². The van der Waals surface area contributed by atoms with Gasteiger partial charge in [-0.15, -0.1) is 0 Å². The van der Waals surface area contributed by atoms with Crippen LogP contribution in [0.2, 0.25) is 0 Å². The lowest BCUT2D eigenvalue weighted by Gasteiger charge is -2.29. The van der Waals surface area contributed by atoms with Crippen molar-refractivity contribution in [3.05, 3.63) is 138 Å². The molecule has 0 aliphatic carbocycles. The molecule has 4 aromatic carbocycles. The van der Waals surface area contributed by atoms with E-state index in [1.165, 1.54) is 24.3 Å². The number of aromatic hydroxyl groups is 1. The number of aromatic amines is 3. The van der Waals surface area contributed by atoms with Crippen molar-refractivity contribution in [1.82, 2.24) is 41.5 Å². The zero-order chi connectivity index (χ0) is 50.1. The predicted molar refractivity (Wildman–Crippen MR) is 262 cm³/mol. The molecule has 364 valence electrons. The van der Waals surface area contributed by atoms with E-state index < -0.39 is 90.0 Å². The predicted octanol–water partition coefficient (Wildman–Crippen LogP) is 2.47. The number of phenolic OH excluding ortho intramolecular Hbond substituents is 1. The van der Waals surface area contributed by atoms with Gasteiger partial charge >= 0.3 is 5.97 Å². The van der Waals surface area contributed by atoms with E-state index in [0.29, 0.717) is 16.7 Å². The summed E-state index contributed by atoms with van der Waals surface area (Å²) in [6.45, 7) is 3.39. The van der Waals surface area contributed by atoms with E-state index in [1.807, 2.05) is 72.8 Å². The summed E-state index contributed by atoms with van der Waals surface area (Å²) in [7, 11) is 0. The van der Waals surface area contributed by atoms with Crippen LogP contribution in [-0.2, 0) is 59.2 Å². The van der Waals surface area contributed by atoms with Crippen LogP contribution in [0.15, 0.2) is 116 Å². The number of benzene rings is 4. The first kappa shape index (κ1) is 49.5. The van der Waals surface area contributed by atoms with Crippen molar-refractivity contribution < 1.29 is 43.8 Å². The lowest BCUT2D eigenvalue weighted by Crippen LogP contribution is -2.61. The molecule has 70 heavy (non-hydrogen) atoms. The quantitative estimate of drug-likeness (QED) is 0.0471. The summed E-state index contributed by atoms with van der Waals surface area (Å²) in [4.78, 5) is 105. The van der Waals surface area contributed by atoms with Crippen molar-refractivity contribution in [3.63, 3.8) is 0 Å². The number of carboxylic acids is 1. The molecule has 3 heterocycles. The summed E-state index contributed by atoms with van der Waals surface area (Å²) in [6.07, 6.45) is 4.24. The highest BCUT2D eigenvalue weighted by atomic mass is 16.4. The number of para-hydroxylation sites is 3. The van der Waals surface area contributed by atoms with E-state index in [9.17, 15) is 43.8 Å². The molecule has 7 rings (SSSR count). The van der Waals surface area contributed by atoms with Gasteiger partial charge in [-0.05, 0) is 58.5 Å². The molecule has 7 aromatic rings. The zero-order valence-corrected chi connectivity index (χ0v) is 38.5. The average molecular weight is 953 g/mol. The maximum atomic E-state index is 14.7. The van der Waals surface area contributed by atoms with Crippen molar-refractivity contribution in [2.45, 2.75) is 82.2 Å². The Morgan fingerprint density at radius 3 is 1.34 bits per heavy atom. The van der Waals surface area contributed by atoms with Gasteiger partial charge in [0.15, 0.2) is 0 Å². The van der Waals surface area contributed by atoms with E-state index in [4.69, 9.17) is 11.5 Å². The Bertz CT molecular complexity index is 3030. The Balaban J connectivity index is 1.15. The molecule has 0 saturated carbocycles. The van der Waals surface area contributed by atoms with Crippen molar-refractivity contribution in [2.24, 2.45) is 17.4 Å². The smallest absolute Gasteiger partial charge is 0.305 e. The number of aliphatic carboxylic acids is 1. The van der Waals surface area contributed by atoms with Gasteiger partial charge in [0.2, 0.25) is 35.4 Å². The van der Waals surface area contributed by atoms with Gasteiger partial charge in [0.25, 0.3) is 0 Å². The molecule has 0 radical (unpaired) electrons. The van der Waals surface area contributed by atoms with Crippen molar-refractivity contribution >= 4 is 74.1 Å². The van der Waals surface area contributed by atoms with Crippen LogP contribution in [0.3, 0.4) is 0 Å². The molecule has 6 amide bonds. The molecular formula is C51H56N10O9. The third kappa shape index (κ3) is 12.2. The standard InChI is InChI=1S/C51H56N10O9/c1-27(2)45(51(70)60-42(21-30-25-55-38-13-7-4-10-34(30)38)49(68)57-40(46(53)65)20-29-24-54-37-12-6-3-9-33(29)37)61-50(69)43(22-31-26-56-39-14-8-5-11-35(31)39)59-48(67)41(19-28-15-17-32(62)18-16-28)58-47(66)36(52)23-44(63)64/h3-18,24-27,36,40-43,45,54-56,62H,19-23,52H2,1-2H3,(H2,53,65)(H,57,68)(H,58,66)(H,59,67)(H,60,70)(H,61,69)(H,63,64)/t36-,40+,41-,42+,43+,45-/m0/s1. The number of fused-ring (bicyclic) bond motifs is 3. The average Bonchev–Trinajstić information content (AvgIpc) is 4.07. The van der Waals surface area contributed by atoms with E-state index in [-0.39, 0.29) is 31.4 Å². The minimum atomic E-state index is -1.51. The van der Waals surface area contributed by atoms with Crippen molar-refractivity contribution in [3.8, 4) is 5.75 Å². The van der Waals surface area contributed by atoms with Crippen molar-refractivity contribution in [1.29, 1.82) is 0 Å². The highest BCUT2D eigenvalue weighted by Gasteiger charge is 2.35. The Hall–Kier alpha value is -8.45. The minimum Gasteiger partial charge on any atom is -0.508 e. The second-order valence-electron chi connectivity index (χ2n) is 17.6. The number of primary amides is 1. The molecule has 6 atom stereocenters. The molecule has 0 saturated heterocycles. The molecule has 0 bridgehead atoms. The number of carbonyl (C=O) groups is 7. The highest BCUT2D eigenvalue weighted by molar-refractivity contribution is 5.98. The van der Waals surface area contributed by atoms with Gasteiger partial charge in [-0.1, -0.05) is 80.6 Å². The molecule has 0 spiro atoms. The Labute approximate surface area is 401 Å². The van der Waals surface area contributed by atoms with Crippen LogP contribution in [0, 0.1) is 5.92 Å². The summed E-state index contributed by atoms with van der Waals surface area (Å²) in [5.74, 6) is -6.73. The first-order valence-electron chi connectivity index (χ1n) is 22.8. The fourth-order valence-corrected chi connectivity index (χ4v) is 8.43. The summed E-state index contributed by atoms with van der Waals surface area (Å²) in [5.41, 5.74) is 16.7. The lowest BCUT2D eigenvalue weighted by atomic mass is 9.98. The molecule has 3 aromatic heterocycles. The molecule has 0 aliphatic heterocycles. The monoisotopic (exact) mass is 952 g/mol. The second-order valence-corrected chi connectivity index (χ2v) is 17.6. The molecule has 19 nitrogen and oxygen atoms in total. The number of carbonyl (C=O) groups excluding carboxylic acids is 6. The van der Waals surface area contributed by atoms with Gasteiger partial charge in [0.05, 0.1) is 12.5 Å². The number of rotatable bonds is 22. The normalized spacial score (nSPS) is 14.0. The lowest BCUT2D eigenvalue weighted by molar-refractivity contribution is -0.140. The van der Waals surface area contributed by atoms with Crippen LogP contribution in [0.4, 0.5) is 0 Å². The van der Waals surface area contributed by atoms with Gasteiger partial charge in [-0.2, -0.15) is 0 Å². The highest BCUT2D eigenvalue weighted by Crippen LogP contribution is 2.23. The van der Waals surface area contributed by atoms with Crippen LogP contribution in [-0.4, -0.2) is 103 Å². The number of amides is 6. The number of hydrogen-bond acceptors (Lipinski definition) is 9. The minimum absolute atomic E-state index is 0.0254. The summed E-state index contributed by atoms with van der Waals surface area (Å²) >= 11 is 0. The first-order valence-corrected chi connectivity index (χ1v) is 22.8. The zero-order valence-electron chi connectivity index (χ0n) is 38.5. The molecule has 0 aliphatic rings. The van der Waals surface area contributed by atoms with E-state index in [0.717, 1.165) is 38.3 Å². The summed E-state index contributed by atoms with van der Waals surface area (Å²) in [6, 6.07) is 20.1. The van der Waals surface area contributed by atoms with Gasteiger partial charge in [-0.25, -0.2) is 0 Å². The van der Waals surface area contributed by atoms with Gasteiger partial charge in [-0.3, -0.25) is 33.6 Å². The third-order valence-electron chi connectivity index (χ3n) is 12.2. The van der Waals surface area contributed by atoms with Crippen LogP contribution in [0.25, 0.3) is 32.7 Å². The second kappa shape index (κ2) is 22.1. The topological polar surface area (TPSA) is 320 Å². The fraction of sp³-hybridized carbons (Fsp3) is 0.275. The van der Waals surface area contributed by atoms with Crippen LogP contribution in [0.1, 0.15) is 42.5 Å². The Morgan fingerprint density at radius 2 is 0.900 bits per heavy atom. The SMILES string of the molecule is CC(C)[C@H](NC(=O)[C@@H](Cc1c[nH]c2ccccc12)NC(=O)[C@H](Cc1ccc(O)cc1)NC(=O)[C@@H](N)CC(=O)O)C(=O)N[C@H](Cc1c[nH]c2ccccc12)C(=O)N[C@H](Cc1c[nH]c2ccccc12)C(N)=O. The molecular weight excluding hydrogens is 897 g/mol. The number of hydrogen-bond donors (Lipinski definition) is 12. The number of phenols is 1. The number of carboxylic acid groups (broad SMARTS) is 1. The van der Waals surface area contributed by atoms with Gasteiger partial charge < -0.3 is 63.2 Å². The molecule has 0 unspecified atom stereocenters. The van der Waals surface area contributed by atoms with Crippen molar-refractivity contribution in [2.75, 3.05) is 0 Å². The molecule has 19 heteroatoms. The van der Waals surface area contributed by atoms with Gasteiger partial charge in [0.1, 0.15) is 36.0 Å². The maximum Gasteiger partial charge on any atom is 0.305 e. The van der Waals surface area contributed by atoms with E-state index in [1.54, 1.807) is 32.4 Å². The molecule has 14 N–H and O–H groups in total. The Morgan fingerprint density at radius 1 is 0.514 bits per heavy atom. The first-order chi connectivity index (χ1) is 33.5. The number of nitrogens with one attached hydrogen (secondary N) is 8. The summed E-state index contributed by atoms with van der Waals surface area (Å²) in [5, 5.41) is 35.3. The number of nitrogens with two attached hydrogens (primary N) is 2. The summed E-state index contributed by atoms with van der Waals surface area (Å²) < 4.78 is 0. The Kier molecular flexibility index (Phi) is 15.6. The van der Waals surface area contributed by atoms with Crippen LogP contribution < -0.4 is 38.1 Å².